The molecule has 0 aromatic carbocycles. The van der Waals surface area contributed by atoms with Gasteiger partial charge in [0.1, 0.15) is 0 Å². The minimum Gasteiger partial charge on any atom is -0.339 e. The molecule has 0 spiro atoms. The molecule has 0 aromatic rings. The van der Waals surface area contributed by atoms with Gasteiger partial charge in [0.15, 0.2) is 0 Å². The number of amides is 3. The molecule has 0 aromatic heterocycles. The van der Waals surface area contributed by atoms with Crippen molar-refractivity contribution in [3.05, 3.63) is 0 Å². The predicted molar refractivity (Wildman–Crippen MR) is 78.5 cm³/mol. The van der Waals surface area contributed by atoms with E-state index in [1.807, 2.05) is 0 Å². The third kappa shape index (κ3) is 3.95. The Kier molecular flexibility index (Phi) is 5.20. The molecule has 3 amide bonds. The minimum atomic E-state index is -0.0161. The Morgan fingerprint density at radius 1 is 0.952 bits per heavy atom. The molecule has 2 rings (SSSR count). The lowest BCUT2D eigenvalue weighted by Crippen LogP contribution is -2.53. The van der Waals surface area contributed by atoms with E-state index >= 15 is 0 Å². The third-order valence-electron chi connectivity index (χ3n) is 4.55. The average molecular weight is 295 g/mol. The molecule has 2 aliphatic rings. The van der Waals surface area contributed by atoms with Crippen LogP contribution < -0.4 is 0 Å². The Bertz CT molecular complexity index is 410. The lowest BCUT2D eigenvalue weighted by atomic mass is 10.2. The Balaban J connectivity index is 1.88. The number of piperazine rings is 1. The number of hydrogen-bond donors (Lipinski definition) is 0. The summed E-state index contributed by atoms with van der Waals surface area (Å²) in [6, 6.07) is 0.227. The van der Waals surface area contributed by atoms with E-state index in [-0.39, 0.29) is 30.3 Å². The highest BCUT2D eigenvalue weighted by Crippen LogP contribution is 2.23. The first-order chi connectivity index (χ1) is 9.99. The highest BCUT2D eigenvalue weighted by molar-refractivity contribution is 5.84. The molecule has 118 valence electrons. The van der Waals surface area contributed by atoms with Crippen molar-refractivity contribution in [3.63, 3.8) is 0 Å². The first-order valence-corrected chi connectivity index (χ1v) is 7.79. The van der Waals surface area contributed by atoms with Crippen LogP contribution in [0.3, 0.4) is 0 Å². The van der Waals surface area contributed by atoms with Gasteiger partial charge >= 0.3 is 0 Å². The standard InChI is InChI=1S/C15H25N3O3/c1-12(19)16-7-9-17(10-8-16)15(21)11-18(13(2)20)14-5-3-4-6-14/h14H,3-11H2,1-2H3. The van der Waals surface area contributed by atoms with Crippen molar-refractivity contribution in [1.29, 1.82) is 0 Å². The number of nitrogens with zero attached hydrogens (tertiary/aromatic N) is 3. The molecule has 0 N–H and O–H groups in total. The number of hydrogen-bond acceptors (Lipinski definition) is 3. The van der Waals surface area contributed by atoms with Crippen LogP contribution in [0.25, 0.3) is 0 Å². The number of rotatable bonds is 3. The summed E-state index contributed by atoms with van der Waals surface area (Å²) in [5.41, 5.74) is 0. The largest absolute Gasteiger partial charge is 0.339 e. The van der Waals surface area contributed by atoms with E-state index in [1.165, 1.54) is 0 Å². The maximum atomic E-state index is 12.4. The van der Waals surface area contributed by atoms with Crippen molar-refractivity contribution in [1.82, 2.24) is 14.7 Å². The monoisotopic (exact) mass is 295 g/mol. The van der Waals surface area contributed by atoms with E-state index < -0.39 is 0 Å². The van der Waals surface area contributed by atoms with Gasteiger partial charge < -0.3 is 14.7 Å². The highest BCUT2D eigenvalue weighted by Gasteiger charge is 2.29. The molecule has 1 heterocycles. The molecule has 1 saturated heterocycles. The molecule has 1 aliphatic carbocycles. The van der Waals surface area contributed by atoms with Crippen molar-refractivity contribution in [2.45, 2.75) is 45.6 Å². The van der Waals surface area contributed by atoms with Crippen LogP contribution in [-0.4, -0.2) is 71.2 Å². The van der Waals surface area contributed by atoms with Crippen LogP contribution in [0.5, 0.6) is 0 Å². The SMILES string of the molecule is CC(=O)N1CCN(C(=O)CN(C(C)=O)C2CCCC2)CC1. The second-order valence-corrected chi connectivity index (χ2v) is 5.97. The number of carbonyl (C=O) groups is 3. The summed E-state index contributed by atoms with van der Waals surface area (Å²) in [4.78, 5) is 40.7. The van der Waals surface area contributed by atoms with Crippen LogP contribution in [0.4, 0.5) is 0 Å². The van der Waals surface area contributed by atoms with E-state index in [0.29, 0.717) is 26.2 Å². The van der Waals surface area contributed by atoms with Crippen LogP contribution in [0.1, 0.15) is 39.5 Å². The summed E-state index contributed by atoms with van der Waals surface area (Å²) in [7, 11) is 0. The normalized spacial score (nSPS) is 19.7. The highest BCUT2D eigenvalue weighted by atomic mass is 16.2. The first-order valence-electron chi connectivity index (χ1n) is 7.79. The van der Waals surface area contributed by atoms with Crippen molar-refractivity contribution in [3.8, 4) is 0 Å². The molecule has 1 aliphatic heterocycles. The zero-order chi connectivity index (χ0) is 15.4. The fourth-order valence-electron chi connectivity index (χ4n) is 3.23. The van der Waals surface area contributed by atoms with Gasteiger partial charge in [0.2, 0.25) is 17.7 Å². The van der Waals surface area contributed by atoms with Gasteiger partial charge in [-0.2, -0.15) is 0 Å². The van der Waals surface area contributed by atoms with Gasteiger partial charge in [0.05, 0.1) is 6.54 Å². The summed E-state index contributed by atoms with van der Waals surface area (Å²) in [5, 5.41) is 0. The van der Waals surface area contributed by atoms with Crippen molar-refractivity contribution < 1.29 is 14.4 Å². The molecule has 21 heavy (non-hydrogen) atoms. The summed E-state index contributed by atoms with van der Waals surface area (Å²) in [6.45, 7) is 5.58. The summed E-state index contributed by atoms with van der Waals surface area (Å²) < 4.78 is 0. The van der Waals surface area contributed by atoms with Gasteiger partial charge in [-0.25, -0.2) is 0 Å². The Labute approximate surface area is 126 Å². The molecular formula is C15H25N3O3. The van der Waals surface area contributed by atoms with E-state index in [9.17, 15) is 14.4 Å². The van der Waals surface area contributed by atoms with E-state index in [0.717, 1.165) is 25.7 Å². The van der Waals surface area contributed by atoms with Gasteiger partial charge in [-0.15, -0.1) is 0 Å². The molecule has 6 nitrogen and oxygen atoms in total. The zero-order valence-electron chi connectivity index (χ0n) is 13.0. The smallest absolute Gasteiger partial charge is 0.242 e. The zero-order valence-corrected chi connectivity index (χ0v) is 13.0. The van der Waals surface area contributed by atoms with E-state index in [1.54, 1.807) is 28.5 Å². The van der Waals surface area contributed by atoms with Gasteiger partial charge in [0, 0.05) is 46.1 Å². The van der Waals surface area contributed by atoms with Gasteiger partial charge in [-0.05, 0) is 12.8 Å². The number of carbonyl (C=O) groups excluding carboxylic acids is 3. The van der Waals surface area contributed by atoms with Crippen molar-refractivity contribution >= 4 is 17.7 Å². The Morgan fingerprint density at radius 2 is 1.48 bits per heavy atom. The van der Waals surface area contributed by atoms with Crippen LogP contribution in [0, 0.1) is 0 Å². The van der Waals surface area contributed by atoms with Crippen LogP contribution in [-0.2, 0) is 14.4 Å². The van der Waals surface area contributed by atoms with E-state index in [4.69, 9.17) is 0 Å². The lowest BCUT2D eigenvalue weighted by molar-refractivity contribution is -0.143. The van der Waals surface area contributed by atoms with Crippen molar-refractivity contribution in [2.24, 2.45) is 0 Å². The molecule has 2 fully saturated rings. The van der Waals surface area contributed by atoms with Gasteiger partial charge in [-0.1, -0.05) is 12.8 Å². The minimum absolute atomic E-state index is 0.000280. The molecule has 0 atom stereocenters. The predicted octanol–water partition coefficient (Wildman–Crippen LogP) is 0.468. The summed E-state index contributed by atoms with van der Waals surface area (Å²) in [5.74, 6) is 0.0383. The van der Waals surface area contributed by atoms with Crippen LogP contribution in [0.15, 0.2) is 0 Å². The third-order valence-corrected chi connectivity index (χ3v) is 4.55. The maximum absolute atomic E-state index is 12.4. The second-order valence-electron chi connectivity index (χ2n) is 5.97. The maximum Gasteiger partial charge on any atom is 0.242 e. The molecule has 6 heteroatoms. The summed E-state index contributed by atoms with van der Waals surface area (Å²) >= 11 is 0. The van der Waals surface area contributed by atoms with Crippen LogP contribution in [0.2, 0.25) is 0 Å². The van der Waals surface area contributed by atoms with Crippen LogP contribution >= 0.6 is 0 Å². The quantitative estimate of drug-likeness (QED) is 0.760. The molecule has 0 unspecified atom stereocenters. The van der Waals surface area contributed by atoms with Crippen molar-refractivity contribution in [2.75, 3.05) is 32.7 Å². The molecule has 1 saturated carbocycles. The molecule has 0 radical (unpaired) electrons. The van der Waals surface area contributed by atoms with Gasteiger partial charge in [-0.3, -0.25) is 14.4 Å². The van der Waals surface area contributed by atoms with E-state index in [2.05, 4.69) is 0 Å². The molecular weight excluding hydrogens is 270 g/mol. The fourth-order valence-corrected chi connectivity index (χ4v) is 3.23. The second kappa shape index (κ2) is 6.91. The fraction of sp³-hybridized carbons (Fsp3) is 0.800. The van der Waals surface area contributed by atoms with Gasteiger partial charge in [0.25, 0.3) is 0 Å². The Morgan fingerprint density at radius 3 is 1.95 bits per heavy atom. The average Bonchev–Trinajstić information content (AvgIpc) is 2.98. The molecule has 0 bridgehead atoms. The lowest BCUT2D eigenvalue weighted by Gasteiger charge is -2.36. The summed E-state index contributed by atoms with van der Waals surface area (Å²) in [6.07, 6.45) is 4.29. The Hall–Kier alpha value is -1.59. The first kappa shape index (κ1) is 15.8. The topological polar surface area (TPSA) is 60.9 Å².